The minimum absolute atomic E-state index is 0.00968. The molecule has 2 aromatic heterocycles. The SMILES string of the molecule is COc1cccc(-c2cc(C(=O)N3CCC(c4ncc[nH]4)CC3)[nH]n2)c1. The molecular weight excluding hydrogens is 330 g/mol. The van der Waals surface area contributed by atoms with Crippen LogP contribution in [0.4, 0.5) is 0 Å². The largest absolute Gasteiger partial charge is 0.497 e. The van der Waals surface area contributed by atoms with Crippen LogP contribution in [0.2, 0.25) is 0 Å². The predicted molar refractivity (Wildman–Crippen MR) is 97.0 cm³/mol. The Bertz CT molecular complexity index is 879. The Morgan fingerprint density at radius 3 is 2.85 bits per heavy atom. The van der Waals surface area contributed by atoms with E-state index in [0.29, 0.717) is 11.6 Å². The average molecular weight is 351 g/mol. The number of carbonyl (C=O) groups excluding carboxylic acids is 1. The minimum Gasteiger partial charge on any atom is -0.497 e. The fourth-order valence-electron chi connectivity index (χ4n) is 3.39. The van der Waals surface area contributed by atoms with Gasteiger partial charge in [-0.05, 0) is 31.0 Å². The number of imidazole rings is 1. The Kier molecular flexibility index (Phi) is 4.43. The lowest BCUT2D eigenvalue weighted by Gasteiger charge is -2.30. The number of H-pyrrole nitrogens is 2. The van der Waals surface area contributed by atoms with Gasteiger partial charge in [-0.25, -0.2) is 4.98 Å². The van der Waals surface area contributed by atoms with Crippen molar-refractivity contribution in [1.82, 2.24) is 25.1 Å². The maximum absolute atomic E-state index is 12.8. The number of nitrogens with zero attached hydrogens (tertiary/aromatic N) is 3. The number of aromatic nitrogens is 4. The van der Waals surface area contributed by atoms with E-state index < -0.39 is 0 Å². The number of hydrogen-bond acceptors (Lipinski definition) is 4. The Morgan fingerprint density at radius 1 is 1.27 bits per heavy atom. The molecule has 7 heteroatoms. The molecule has 4 rings (SSSR count). The van der Waals surface area contributed by atoms with Crippen LogP contribution < -0.4 is 4.74 Å². The first-order valence-electron chi connectivity index (χ1n) is 8.73. The number of methoxy groups -OCH3 is 1. The highest BCUT2D eigenvalue weighted by Gasteiger charge is 2.26. The first-order valence-corrected chi connectivity index (χ1v) is 8.73. The summed E-state index contributed by atoms with van der Waals surface area (Å²) in [5, 5.41) is 7.17. The molecule has 3 heterocycles. The summed E-state index contributed by atoms with van der Waals surface area (Å²) in [7, 11) is 1.63. The Balaban J connectivity index is 1.44. The molecule has 26 heavy (non-hydrogen) atoms. The highest BCUT2D eigenvalue weighted by molar-refractivity contribution is 5.93. The highest BCUT2D eigenvalue weighted by Crippen LogP contribution is 2.27. The third-order valence-electron chi connectivity index (χ3n) is 4.86. The maximum atomic E-state index is 12.8. The van der Waals surface area contributed by atoms with E-state index in [1.807, 2.05) is 35.4 Å². The molecule has 0 bridgehead atoms. The Hall–Kier alpha value is -3.09. The highest BCUT2D eigenvalue weighted by atomic mass is 16.5. The average Bonchev–Trinajstić information content (AvgIpc) is 3.40. The number of nitrogens with one attached hydrogen (secondary N) is 2. The van der Waals surface area contributed by atoms with Gasteiger partial charge in [-0.1, -0.05) is 12.1 Å². The third-order valence-corrected chi connectivity index (χ3v) is 4.86. The number of amides is 1. The van der Waals surface area contributed by atoms with E-state index in [1.54, 1.807) is 19.4 Å². The zero-order valence-electron chi connectivity index (χ0n) is 14.6. The summed E-state index contributed by atoms with van der Waals surface area (Å²) in [6.07, 6.45) is 5.45. The summed E-state index contributed by atoms with van der Waals surface area (Å²) in [5.41, 5.74) is 2.16. The van der Waals surface area contributed by atoms with Crippen LogP contribution in [0.1, 0.15) is 35.1 Å². The van der Waals surface area contributed by atoms with Gasteiger partial charge in [0.05, 0.1) is 12.8 Å². The van der Waals surface area contributed by atoms with Gasteiger partial charge in [0, 0.05) is 37.0 Å². The van der Waals surface area contributed by atoms with E-state index in [2.05, 4.69) is 20.2 Å². The number of benzene rings is 1. The predicted octanol–water partition coefficient (Wildman–Crippen LogP) is 2.83. The van der Waals surface area contributed by atoms with E-state index >= 15 is 0 Å². The first kappa shape index (κ1) is 16.4. The van der Waals surface area contributed by atoms with Gasteiger partial charge < -0.3 is 14.6 Å². The fraction of sp³-hybridized carbons (Fsp3) is 0.316. The molecule has 1 saturated heterocycles. The van der Waals surface area contributed by atoms with Crippen molar-refractivity contribution in [3.05, 3.63) is 54.2 Å². The number of aromatic amines is 2. The lowest BCUT2D eigenvalue weighted by molar-refractivity contribution is 0.0705. The molecule has 3 aromatic rings. The fourth-order valence-corrected chi connectivity index (χ4v) is 3.39. The van der Waals surface area contributed by atoms with Crippen molar-refractivity contribution < 1.29 is 9.53 Å². The summed E-state index contributed by atoms with van der Waals surface area (Å²) < 4.78 is 5.25. The number of piperidine rings is 1. The van der Waals surface area contributed by atoms with Crippen molar-refractivity contribution in [1.29, 1.82) is 0 Å². The number of ether oxygens (including phenoxy) is 1. The van der Waals surface area contributed by atoms with Crippen LogP contribution in [0.5, 0.6) is 5.75 Å². The lowest BCUT2D eigenvalue weighted by Crippen LogP contribution is -2.38. The second kappa shape index (κ2) is 7.03. The molecule has 0 spiro atoms. The van der Waals surface area contributed by atoms with E-state index in [0.717, 1.165) is 48.8 Å². The normalized spacial score (nSPS) is 15.2. The van der Waals surface area contributed by atoms with Crippen LogP contribution in [-0.2, 0) is 0 Å². The van der Waals surface area contributed by atoms with Gasteiger partial charge in [0.25, 0.3) is 5.91 Å². The second-order valence-corrected chi connectivity index (χ2v) is 6.44. The number of carbonyl (C=O) groups is 1. The van der Waals surface area contributed by atoms with Crippen molar-refractivity contribution in [3.63, 3.8) is 0 Å². The van der Waals surface area contributed by atoms with E-state index in [9.17, 15) is 4.79 Å². The number of rotatable bonds is 4. The molecule has 0 atom stereocenters. The third kappa shape index (κ3) is 3.20. The van der Waals surface area contributed by atoms with Gasteiger partial charge in [-0.15, -0.1) is 0 Å². The molecule has 1 aliphatic rings. The summed E-state index contributed by atoms with van der Waals surface area (Å²) >= 11 is 0. The second-order valence-electron chi connectivity index (χ2n) is 6.44. The van der Waals surface area contributed by atoms with Crippen LogP contribution in [-0.4, -0.2) is 51.2 Å². The summed E-state index contributed by atoms with van der Waals surface area (Å²) in [4.78, 5) is 22.2. The molecule has 1 aromatic carbocycles. The van der Waals surface area contributed by atoms with Gasteiger partial charge in [-0.3, -0.25) is 9.89 Å². The maximum Gasteiger partial charge on any atom is 0.271 e. The molecule has 2 N–H and O–H groups in total. The van der Waals surface area contributed by atoms with Crippen molar-refractivity contribution in [3.8, 4) is 17.0 Å². The molecule has 1 fully saturated rings. The summed E-state index contributed by atoms with van der Waals surface area (Å²) in [6.45, 7) is 1.44. The van der Waals surface area contributed by atoms with Crippen LogP contribution >= 0.6 is 0 Å². The molecule has 7 nitrogen and oxygen atoms in total. The van der Waals surface area contributed by atoms with Gasteiger partial charge in [0.15, 0.2) is 0 Å². The quantitative estimate of drug-likeness (QED) is 0.757. The van der Waals surface area contributed by atoms with Gasteiger partial charge in [0.2, 0.25) is 0 Å². The Morgan fingerprint density at radius 2 is 2.12 bits per heavy atom. The molecule has 0 saturated carbocycles. The molecular formula is C19H21N5O2. The van der Waals surface area contributed by atoms with E-state index in [1.165, 1.54) is 0 Å². The smallest absolute Gasteiger partial charge is 0.271 e. The molecule has 0 radical (unpaired) electrons. The number of hydrogen-bond donors (Lipinski definition) is 2. The topological polar surface area (TPSA) is 86.9 Å². The number of likely N-dealkylation sites (tertiary alicyclic amines) is 1. The van der Waals surface area contributed by atoms with Crippen molar-refractivity contribution in [2.24, 2.45) is 0 Å². The zero-order valence-corrected chi connectivity index (χ0v) is 14.6. The molecule has 1 aliphatic heterocycles. The van der Waals surface area contributed by atoms with Crippen molar-refractivity contribution in [2.75, 3.05) is 20.2 Å². The van der Waals surface area contributed by atoms with Crippen molar-refractivity contribution >= 4 is 5.91 Å². The standard InChI is InChI=1S/C19H21N5O2/c1-26-15-4-2-3-14(11-15)16-12-17(23-22-16)19(25)24-9-5-13(6-10-24)18-20-7-8-21-18/h2-4,7-8,11-13H,5-6,9-10H2,1H3,(H,20,21)(H,22,23). The minimum atomic E-state index is -0.00968. The van der Waals surface area contributed by atoms with Crippen LogP contribution in [0, 0.1) is 0 Å². The summed E-state index contributed by atoms with van der Waals surface area (Å²) in [5.74, 6) is 2.16. The van der Waals surface area contributed by atoms with Gasteiger partial charge in [-0.2, -0.15) is 5.10 Å². The van der Waals surface area contributed by atoms with E-state index in [-0.39, 0.29) is 5.91 Å². The lowest BCUT2D eigenvalue weighted by atomic mass is 9.96. The summed E-state index contributed by atoms with van der Waals surface area (Å²) in [6, 6.07) is 9.44. The van der Waals surface area contributed by atoms with Crippen LogP contribution in [0.3, 0.4) is 0 Å². The zero-order chi connectivity index (χ0) is 17.9. The van der Waals surface area contributed by atoms with Gasteiger partial charge >= 0.3 is 0 Å². The van der Waals surface area contributed by atoms with Crippen LogP contribution in [0.25, 0.3) is 11.3 Å². The first-order chi connectivity index (χ1) is 12.7. The van der Waals surface area contributed by atoms with E-state index in [4.69, 9.17) is 4.74 Å². The van der Waals surface area contributed by atoms with Crippen molar-refractivity contribution in [2.45, 2.75) is 18.8 Å². The molecule has 0 unspecified atom stereocenters. The molecule has 134 valence electrons. The molecule has 1 amide bonds. The van der Waals surface area contributed by atoms with Crippen LogP contribution in [0.15, 0.2) is 42.7 Å². The monoisotopic (exact) mass is 351 g/mol. The van der Waals surface area contributed by atoms with Gasteiger partial charge in [0.1, 0.15) is 17.3 Å². The Labute approximate surface area is 151 Å². The molecule has 0 aliphatic carbocycles.